The first-order valence-corrected chi connectivity index (χ1v) is 6.19. The molecule has 0 atom stereocenters. The van der Waals surface area contributed by atoms with E-state index in [1.54, 1.807) is 0 Å². The molecule has 0 spiro atoms. The predicted octanol–water partition coefficient (Wildman–Crippen LogP) is 4.17. The van der Waals surface area contributed by atoms with Gasteiger partial charge >= 0.3 is 0 Å². The van der Waals surface area contributed by atoms with E-state index in [1.807, 2.05) is 30.3 Å². The Hall–Kier alpha value is -2.03. The van der Waals surface area contributed by atoms with E-state index in [4.69, 9.17) is 0 Å². The van der Waals surface area contributed by atoms with Gasteiger partial charge in [-0.25, -0.2) is 8.78 Å². The molecule has 0 bridgehead atoms. The van der Waals surface area contributed by atoms with Crippen LogP contribution in [0.3, 0.4) is 0 Å². The van der Waals surface area contributed by atoms with E-state index in [-0.39, 0.29) is 11.3 Å². The minimum Gasteiger partial charge on any atom is -0.294 e. The number of carbonyl (C=O) groups is 1. The molecule has 0 unspecified atom stereocenters. The molecule has 0 aliphatic heterocycles. The second kappa shape index (κ2) is 6.23. The lowest BCUT2D eigenvalue weighted by molar-refractivity contribution is 0.0979. The average Bonchev–Trinajstić information content (AvgIpc) is 2.43. The van der Waals surface area contributed by atoms with E-state index in [0.717, 1.165) is 18.6 Å². The number of hydrogen-bond donors (Lipinski definition) is 0. The number of carbonyl (C=O) groups excluding carboxylic acids is 1. The monoisotopic (exact) mass is 260 g/mol. The minimum absolute atomic E-state index is 0.158. The summed E-state index contributed by atoms with van der Waals surface area (Å²) >= 11 is 0. The average molecular weight is 260 g/mol. The summed E-state index contributed by atoms with van der Waals surface area (Å²) < 4.78 is 25.7. The molecule has 2 rings (SSSR count). The second-order valence-corrected chi connectivity index (χ2v) is 4.39. The van der Waals surface area contributed by atoms with Gasteiger partial charge in [0.15, 0.2) is 17.4 Å². The molecule has 0 aromatic heterocycles. The minimum atomic E-state index is -0.978. The molecular weight excluding hydrogens is 246 g/mol. The molecule has 1 nitrogen and oxygen atoms in total. The second-order valence-electron chi connectivity index (χ2n) is 4.39. The van der Waals surface area contributed by atoms with Crippen molar-refractivity contribution in [3.8, 4) is 0 Å². The zero-order chi connectivity index (χ0) is 13.7. The highest BCUT2D eigenvalue weighted by Crippen LogP contribution is 2.13. The lowest BCUT2D eigenvalue weighted by Gasteiger charge is -2.02. The Labute approximate surface area is 110 Å². The van der Waals surface area contributed by atoms with Crippen LogP contribution >= 0.6 is 0 Å². The molecule has 19 heavy (non-hydrogen) atoms. The first kappa shape index (κ1) is 13.4. The summed E-state index contributed by atoms with van der Waals surface area (Å²) in [6.07, 6.45) is 1.83. The van der Waals surface area contributed by atoms with Gasteiger partial charge in [-0.15, -0.1) is 0 Å². The van der Waals surface area contributed by atoms with Crippen LogP contribution in [0.4, 0.5) is 8.78 Å². The molecule has 0 aliphatic carbocycles. The predicted molar refractivity (Wildman–Crippen MR) is 70.1 cm³/mol. The van der Waals surface area contributed by atoms with Crippen molar-refractivity contribution in [2.45, 2.75) is 19.3 Å². The van der Waals surface area contributed by atoms with Gasteiger partial charge in [0.2, 0.25) is 0 Å². The number of benzene rings is 2. The van der Waals surface area contributed by atoms with Crippen LogP contribution < -0.4 is 0 Å². The maximum Gasteiger partial charge on any atom is 0.162 e. The van der Waals surface area contributed by atoms with Gasteiger partial charge < -0.3 is 0 Å². The number of ketones is 1. The Balaban J connectivity index is 1.89. The van der Waals surface area contributed by atoms with Gasteiger partial charge in [0.05, 0.1) is 0 Å². The lowest BCUT2D eigenvalue weighted by atomic mass is 10.0. The fourth-order valence-electron chi connectivity index (χ4n) is 1.91. The molecule has 0 saturated heterocycles. The van der Waals surface area contributed by atoms with E-state index in [0.29, 0.717) is 12.8 Å². The van der Waals surface area contributed by atoms with Crippen LogP contribution in [-0.4, -0.2) is 5.78 Å². The number of halogens is 2. The number of hydrogen-bond acceptors (Lipinski definition) is 1. The molecule has 3 heteroatoms. The van der Waals surface area contributed by atoms with Crippen LogP contribution in [0.1, 0.15) is 28.8 Å². The van der Waals surface area contributed by atoms with E-state index >= 15 is 0 Å². The third kappa shape index (κ3) is 3.71. The molecule has 98 valence electrons. The number of Topliss-reactive ketones (excluding diaryl/α,β-unsaturated/α-hetero) is 1. The van der Waals surface area contributed by atoms with Crippen molar-refractivity contribution in [3.63, 3.8) is 0 Å². The van der Waals surface area contributed by atoms with Gasteiger partial charge in [-0.05, 0) is 36.6 Å². The standard InChI is InChI=1S/C16H14F2O/c17-14-10-9-13(11-15(14)18)16(19)8-4-7-12-5-2-1-3-6-12/h1-3,5-6,9-11H,4,7-8H2. The first-order chi connectivity index (χ1) is 9.16. The molecular formula is C16H14F2O. The Morgan fingerprint density at radius 3 is 2.37 bits per heavy atom. The van der Waals surface area contributed by atoms with Crippen molar-refractivity contribution in [2.24, 2.45) is 0 Å². The van der Waals surface area contributed by atoms with Gasteiger partial charge in [0.1, 0.15) is 0 Å². The molecule has 0 saturated carbocycles. The van der Waals surface area contributed by atoms with Crippen LogP contribution in [0, 0.1) is 11.6 Å². The third-order valence-corrected chi connectivity index (χ3v) is 2.95. The Kier molecular flexibility index (Phi) is 4.39. The highest BCUT2D eigenvalue weighted by Gasteiger charge is 2.09. The van der Waals surface area contributed by atoms with E-state index in [1.165, 1.54) is 11.6 Å². The van der Waals surface area contributed by atoms with Crippen molar-refractivity contribution in [1.82, 2.24) is 0 Å². The molecule has 2 aromatic carbocycles. The summed E-state index contributed by atoms with van der Waals surface area (Å²) in [5.41, 5.74) is 1.40. The van der Waals surface area contributed by atoms with E-state index in [2.05, 4.69) is 0 Å². The van der Waals surface area contributed by atoms with E-state index < -0.39 is 11.6 Å². The fraction of sp³-hybridized carbons (Fsp3) is 0.188. The van der Waals surface area contributed by atoms with Gasteiger partial charge in [0.25, 0.3) is 0 Å². The fourth-order valence-corrected chi connectivity index (χ4v) is 1.91. The van der Waals surface area contributed by atoms with Crippen LogP contribution in [0.5, 0.6) is 0 Å². The van der Waals surface area contributed by atoms with Gasteiger partial charge in [-0.3, -0.25) is 4.79 Å². The largest absolute Gasteiger partial charge is 0.294 e. The normalized spacial score (nSPS) is 10.4. The van der Waals surface area contributed by atoms with Crippen molar-refractivity contribution < 1.29 is 13.6 Å². The summed E-state index contributed by atoms with van der Waals surface area (Å²) in [5.74, 6) is -2.07. The highest BCUT2D eigenvalue weighted by molar-refractivity contribution is 5.96. The van der Waals surface area contributed by atoms with Gasteiger partial charge in [-0.1, -0.05) is 30.3 Å². The quantitative estimate of drug-likeness (QED) is 0.737. The number of rotatable bonds is 5. The summed E-state index contributed by atoms with van der Waals surface area (Å²) in [6, 6.07) is 13.1. The number of aryl methyl sites for hydroxylation is 1. The highest BCUT2D eigenvalue weighted by atomic mass is 19.2. The summed E-state index contributed by atoms with van der Waals surface area (Å²) in [5, 5.41) is 0. The topological polar surface area (TPSA) is 17.1 Å². The summed E-state index contributed by atoms with van der Waals surface area (Å²) in [6.45, 7) is 0. The molecule has 0 amide bonds. The lowest BCUT2D eigenvalue weighted by Crippen LogP contribution is -2.01. The maximum absolute atomic E-state index is 13.0. The van der Waals surface area contributed by atoms with Crippen molar-refractivity contribution >= 4 is 5.78 Å². The molecule has 0 N–H and O–H groups in total. The molecule has 0 heterocycles. The molecule has 2 aromatic rings. The zero-order valence-electron chi connectivity index (χ0n) is 10.4. The van der Waals surface area contributed by atoms with Crippen LogP contribution in [-0.2, 0) is 6.42 Å². The van der Waals surface area contributed by atoms with Crippen molar-refractivity contribution in [2.75, 3.05) is 0 Å². The third-order valence-electron chi connectivity index (χ3n) is 2.95. The van der Waals surface area contributed by atoms with Crippen LogP contribution in [0.15, 0.2) is 48.5 Å². The first-order valence-electron chi connectivity index (χ1n) is 6.19. The Morgan fingerprint density at radius 1 is 0.947 bits per heavy atom. The Morgan fingerprint density at radius 2 is 1.68 bits per heavy atom. The molecule has 0 fully saturated rings. The summed E-state index contributed by atoms with van der Waals surface area (Å²) in [7, 11) is 0. The smallest absolute Gasteiger partial charge is 0.162 e. The maximum atomic E-state index is 13.0. The Bertz CT molecular complexity index is 564. The molecule has 0 radical (unpaired) electrons. The van der Waals surface area contributed by atoms with Crippen molar-refractivity contribution in [3.05, 3.63) is 71.3 Å². The molecule has 0 aliphatic rings. The van der Waals surface area contributed by atoms with Crippen LogP contribution in [0.2, 0.25) is 0 Å². The van der Waals surface area contributed by atoms with Crippen molar-refractivity contribution in [1.29, 1.82) is 0 Å². The van der Waals surface area contributed by atoms with Gasteiger partial charge in [-0.2, -0.15) is 0 Å². The SMILES string of the molecule is O=C(CCCc1ccccc1)c1ccc(F)c(F)c1. The van der Waals surface area contributed by atoms with Gasteiger partial charge in [0, 0.05) is 12.0 Å². The van der Waals surface area contributed by atoms with E-state index in [9.17, 15) is 13.6 Å². The van der Waals surface area contributed by atoms with Crippen LogP contribution in [0.25, 0.3) is 0 Å². The zero-order valence-corrected chi connectivity index (χ0v) is 10.4. The summed E-state index contributed by atoms with van der Waals surface area (Å²) in [4.78, 5) is 11.8.